The maximum Gasteiger partial charge on any atom is 0.312 e. The number of para-hydroxylation sites is 1. The number of benzene rings is 2. The number of pyridine rings is 1. The van der Waals surface area contributed by atoms with Crippen LogP contribution in [0.25, 0.3) is 0 Å². The number of nitrogens with one attached hydrogen (secondary N) is 3. The van der Waals surface area contributed by atoms with Crippen LogP contribution in [0.5, 0.6) is 5.75 Å². The van der Waals surface area contributed by atoms with Crippen molar-refractivity contribution in [2.45, 2.75) is 57.0 Å². The fraction of sp³-hybridized carbons (Fsp3) is 0.323. The van der Waals surface area contributed by atoms with E-state index in [1.807, 2.05) is 6.07 Å². The lowest BCUT2D eigenvalue weighted by atomic mass is 9.92. The fourth-order valence-corrected chi connectivity index (χ4v) is 4.76. The third-order valence-electron chi connectivity index (χ3n) is 7.20. The summed E-state index contributed by atoms with van der Waals surface area (Å²) in [5.74, 6) is -4.34. The number of cyclic esters (lactones) is 1. The minimum atomic E-state index is -1.41. The number of carbonyl (C=O) groups excluding carboxylic acids is 4. The third kappa shape index (κ3) is 7.49. The Hall–Kier alpha value is -4.77. The van der Waals surface area contributed by atoms with Crippen LogP contribution < -0.4 is 16.0 Å². The van der Waals surface area contributed by atoms with E-state index in [0.29, 0.717) is 5.56 Å². The lowest BCUT2D eigenvalue weighted by Crippen LogP contribution is -2.62. The molecule has 220 valence electrons. The molecule has 0 radical (unpaired) electrons. The summed E-state index contributed by atoms with van der Waals surface area (Å²) in [6.07, 6.45) is 0.646. The number of aliphatic hydroxyl groups excluding tert-OH is 1. The predicted molar refractivity (Wildman–Crippen MR) is 152 cm³/mol. The number of phenols is 1. The van der Waals surface area contributed by atoms with Gasteiger partial charge in [-0.05, 0) is 49.6 Å². The Morgan fingerprint density at radius 3 is 2.29 bits per heavy atom. The number of carbonyl (C=O) groups is 4. The molecule has 0 aliphatic carbocycles. The minimum Gasteiger partial charge on any atom is -0.507 e. The van der Waals surface area contributed by atoms with E-state index in [-0.39, 0.29) is 24.2 Å². The number of aliphatic hydroxyl groups is 1. The van der Waals surface area contributed by atoms with Crippen molar-refractivity contribution in [2.24, 2.45) is 5.92 Å². The number of esters is 1. The largest absolute Gasteiger partial charge is 0.507 e. The highest BCUT2D eigenvalue weighted by Gasteiger charge is 2.39. The molecule has 11 nitrogen and oxygen atoms in total. The van der Waals surface area contributed by atoms with Gasteiger partial charge in [0.2, 0.25) is 5.91 Å². The molecule has 11 heteroatoms. The van der Waals surface area contributed by atoms with Crippen LogP contribution in [0.3, 0.4) is 0 Å². The van der Waals surface area contributed by atoms with Gasteiger partial charge in [0.05, 0.1) is 29.7 Å². The molecule has 1 fully saturated rings. The number of aromatic nitrogens is 1. The van der Waals surface area contributed by atoms with Crippen molar-refractivity contribution in [3.63, 3.8) is 0 Å². The molecule has 3 amide bonds. The summed E-state index contributed by atoms with van der Waals surface area (Å²) in [4.78, 5) is 57.5. The van der Waals surface area contributed by atoms with E-state index in [4.69, 9.17) is 4.74 Å². The summed E-state index contributed by atoms with van der Waals surface area (Å²) >= 11 is 0. The summed E-state index contributed by atoms with van der Waals surface area (Å²) in [5, 5.41) is 29.5. The van der Waals surface area contributed by atoms with Crippen molar-refractivity contribution in [3.8, 4) is 5.75 Å². The second-order valence-corrected chi connectivity index (χ2v) is 10.3. The van der Waals surface area contributed by atoms with Gasteiger partial charge >= 0.3 is 5.97 Å². The number of aromatic hydroxyl groups is 1. The molecule has 42 heavy (non-hydrogen) atoms. The highest BCUT2D eigenvalue weighted by Crippen LogP contribution is 2.19. The van der Waals surface area contributed by atoms with E-state index < -0.39 is 59.9 Å². The van der Waals surface area contributed by atoms with E-state index in [0.717, 1.165) is 5.56 Å². The summed E-state index contributed by atoms with van der Waals surface area (Å²) in [6.45, 7) is 2.98. The van der Waals surface area contributed by atoms with Crippen LogP contribution in [-0.2, 0) is 32.0 Å². The quantitative estimate of drug-likeness (QED) is 0.275. The van der Waals surface area contributed by atoms with Gasteiger partial charge in [0.15, 0.2) is 6.10 Å². The van der Waals surface area contributed by atoms with Gasteiger partial charge in [-0.1, -0.05) is 48.5 Å². The standard InChI is InChI=1S/C31H34N4O7/c1-18-27(37)23(15-21-11-8-14-32-17-21)34-30(40)26(35-28(38)22-12-6-7-13-24(22)36)19(2)33-29(39)25(42-31(18)41)16-20-9-4-3-5-10-20/h3-14,17-19,23,25-27,36-37H,15-16H2,1-2H3,(H,33,39)(H,34,40)(H,35,38)/t18-,19-,23+,25?,26+,27+/m1/s1. The maximum atomic E-state index is 13.7. The lowest BCUT2D eigenvalue weighted by molar-refractivity contribution is -0.164. The molecule has 1 saturated heterocycles. The Morgan fingerprint density at radius 2 is 1.60 bits per heavy atom. The van der Waals surface area contributed by atoms with Crippen LogP contribution in [0.15, 0.2) is 79.1 Å². The molecule has 3 aromatic rings. The number of phenolic OH excluding ortho intramolecular Hbond substituents is 1. The molecule has 1 unspecified atom stereocenters. The van der Waals surface area contributed by atoms with Gasteiger partial charge in [0, 0.05) is 18.8 Å². The van der Waals surface area contributed by atoms with Crippen LogP contribution in [-0.4, -0.2) is 69.2 Å². The zero-order valence-corrected chi connectivity index (χ0v) is 23.3. The van der Waals surface area contributed by atoms with Crippen LogP contribution in [0.4, 0.5) is 0 Å². The maximum absolute atomic E-state index is 13.7. The Morgan fingerprint density at radius 1 is 0.905 bits per heavy atom. The van der Waals surface area contributed by atoms with E-state index in [1.54, 1.807) is 60.9 Å². The van der Waals surface area contributed by atoms with Gasteiger partial charge in [-0.2, -0.15) is 0 Å². The van der Waals surface area contributed by atoms with Crippen LogP contribution in [0, 0.1) is 5.92 Å². The molecular formula is C31H34N4O7. The van der Waals surface area contributed by atoms with Gasteiger partial charge in [0.1, 0.15) is 11.8 Å². The first-order valence-electron chi connectivity index (χ1n) is 13.6. The van der Waals surface area contributed by atoms with E-state index >= 15 is 0 Å². The number of amides is 3. The smallest absolute Gasteiger partial charge is 0.312 e. The Kier molecular flexibility index (Phi) is 9.87. The molecule has 0 spiro atoms. The van der Waals surface area contributed by atoms with Gasteiger partial charge in [-0.25, -0.2) is 0 Å². The van der Waals surface area contributed by atoms with E-state index in [1.165, 1.54) is 26.0 Å². The molecular weight excluding hydrogens is 540 g/mol. The predicted octanol–water partition coefficient (Wildman–Crippen LogP) is 1.28. The molecule has 6 atom stereocenters. The average Bonchev–Trinajstić information content (AvgIpc) is 2.99. The van der Waals surface area contributed by atoms with Crippen molar-refractivity contribution in [1.29, 1.82) is 0 Å². The van der Waals surface area contributed by atoms with Crippen molar-refractivity contribution in [2.75, 3.05) is 0 Å². The minimum absolute atomic E-state index is 0.0498. The number of ether oxygens (including phenoxy) is 1. The third-order valence-corrected chi connectivity index (χ3v) is 7.20. The first kappa shape index (κ1) is 30.2. The summed E-state index contributed by atoms with van der Waals surface area (Å²) in [7, 11) is 0. The molecule has 0 saturated carbocycles. The number of hydrogen-bond donors (Lipinski definition) is 5. The molecule has 2 aromatic carbocycles. The molecule has 1 aliphatic rings. The second kappa shape index (κ2) is 13.7. The Balaban J connectivity index is 1.69. The van der Waals surface area contributed by atoms with Gasteiger partial charge in [-0.3, -0.25) is 24.2 Å². The summed E-state index contributed by atoms with van der Waals surface area (Å²) in [6, 6.07) is 15.0. The van der Waals surface area contributed by atoms with E-state index in [9.17, 15) is 29.4 Å². The zero-order valence-electron chi connectivity index (χ0n) is 23.3. The Bertz CT molecular complexity index is 1400. The van der Waals surface area contributed by atoms with Crippen molar-refractivity contribution < 1.29 is 34.1 Å². The molecule has 0 bridgehead atoms. The molecule has 5 N–H and O–H groups in total. The van der Waals surface area contributed by atoms with Crippen molar-refractivity contribution in [3.05, 3.63) is 95.8 Å². The van der Waals surface area contributed by atoms with Crippen molar-refractivity contribution in [1.82, 2.24) is 20.9 Å². The zero-order chi connectivity index (χ0) is 30.2. The second-order valence-electron chi connectivity index (χ2n) is 10.3. The van der Waals surface area contributed by atoms with Gasteiger partial charge in [-0.15, -0.1) is 0 Å². The van der Waals surface area contributed by atoms with Gasteiger partial charge < -0.3 is 30.9 Å². The van der Waals surface area contributed by atoms with Crippen LogP contribution in [0.1, 0.15) is 35.3 Å². The molecule has 1 aliphatic heterocycles. The number of hydrogen-bond acceptors (Lipinski definition) is 8. The van der Waals surface area contributed by atoms with Crippen molar-refractivity contribution >= 4 is 23.7 Å². The van der Waals surface area contributed by atoms with Gasteiger partial charge in [0.25, 0.3) is 11.8 Å². The summed E-state index contributed by atoms with van der Waals surface area (Å²) < 4.78 is 5.64. The van der Waals surface area contributed by atoms with Crippen LogP contribution >= 0.6 is 0 Å². The SMILES string of the molecule is C[C@H]1NC(=O)C(Cc2ccccc2)OC(=O)[C@H](C)[C@H](O)[C@H](Cc2cccnc2)NC(=O)[C@H]1NC(=O)c1ccccc1O. The van der Waals surface area contributed by atoms with E-state index in [2.05, 4.69) is 20.9 Å². The molecule has 1 aromatic heterocycles. The number of nitrogens with zero attached hydrogens (tertiary/aromatic N) is 1. The van der Waals surface area contributed by atoms with Crippen LogP contribution in [0.2, 0.25) is 0 Å². The lowest BCUT2D eigenvalue weighted by Gasteiger charge is -2.33. The molecule has 4 rings (SSSR count). The Labute approximate surface area is 243 Å². The number of rotatable bonds is 6. The fourth-order valence-electron chi connectivity index (χ4n) is 4.76. The highest BCUT2D eigenvalue weighted by molar-refractivity contribution is 6.00. The highest BCUT2D eigenvalue weighted by atomic mass is 16.5. The first-order chi connectivity index (χ1) is 20.1. The summed E-state index contributed by atoms with van der Waals surface area (Å²) in [5.41, 5.74) is 1.36. The first-order valence-corrected chi connectivity index (χ1v) is 13.6. The average molecular weight is 575 g/mol. The monoisotopic (exact) mass is 574 g/mol. The molecule has 2 heterocycles. The topological polar surface area (TPSA) is 167 Å². The normalized spacial score (nSPS) is 25.2.